The van der Waals surface area contributed by atoms with Crippen LogP contribution in [0.4, 0.5) is 15.8 Å². The quantitative estimate of drug-likeness (QED) is 0.122. The van der Waals surface area contributed by atoms with Crippen molar-refractivity contribution >= 4 is 35.0 Å². The number of nitrogens with one attached hydrogen (secondary N) is 2. The number of hydrogen-bond acceptors (Lipinski definition) is 8. The number of amides is 4. The fraction of sp³-hybridized carbons (Fsp3) is 0.511. The lowest BCUT2D eigenvalue weighted by Crippen LogP contribution is -2.52. The van der Waals surface area contributed by atoms with Gasteiger partial charge in [0.25, 0.3) is 11.8 Å². The number of nitrogens with zero attached hydrogens (tertiary/aromatic N) is 3. The number of imide groups is 1. The first-order chi connectivity index (χ1) is 27.7. The maximum absolute atomic E-state index is 14.8. The van der Waals surface area contributed by atoms with Crippen LogP contribution in [0.25, 0.3) is 0 Å². The van der Waals surface area contributed by atoms with Crippen LogP contribution in [0.3, 0.4) is 0 Å². The number of carbonyl (C=O) groups is 4. The highest BCUT2D eigenvalue weighted by Crippen LogP contribution is 2.40. The van der Waals surface area contributed by atoms with E-state index in [9.17, 15) is 23.6 Å². The minimum absolute atomic E-state index is 0.00203. The van der Waals surface area contributed by atoms with E-state index in [2.05, 4.69) is 27.7 Å². The highest BCUT2D eigenvalue weighted by Gasteiger charge is 2.41. The van der Waals surface area contributed by atoms with Gasteiger partial charge in [0.2, 0.25) is 11.8 Å². The molecule has 4 heterocycles. The van der Waals surface area contributed by atoms with Gasteiger partial charge >= 0.3 is 0 Å². The Kier molecular flexibility index (Phi) is 11.8. The summed E-state index contributed by atoms with van der Waals surface area (Å²) in [6.45, 7) is 4.57. The van der Waals surface area contributed by atoms with Crippen molar-refractivity contribution in [3.05, 3.63) is 82.2 Å². The summed E-state index contributed by atoms with van der Waals surface area (Å²) < 4.78 is 26.6. The van der Waals surface area contributed by atoms with E-state index in [1.165, 1.54) is 23.8 Å². The van der Waals surface area contributed by atoms with Crippen molar-refractivity contribution in [2.75, 3.05) is 43.5 Å². The number of piperidine rings is 2. The van der Waals surface area contributed by atoms with Crippen molar-refractivity contribution in [3.8, 4) is 11.5 Å². The highest BCUT2D eigenvalue weighted by molar-refractivity contribution is 6.10. The monoisotopic (exact) mass is 779 g/mol. The Morgan fingerprint density at radius 3 is 2.39 bits per heavy atom. The van der Waals surface area contributed by atoms with Gasteiger partial charge in [-0.2, -0.15) is 0 Å². The molecule has 2 saturated heterocycles. The molecule has 302 valence electrons. The summed E-state index contributed by atoms with van der Waals surface area (Å²) >= 11 is 0. The van der Waals surface area contributed by atoms with E-state index < -0.39 is 17.8 Å². The Bertz CT molecular complexity index is 2010. The van der Waals surface area contributed by atoms with E-state index in [1.54, 1.807) is 13.2 Å². The van der Waals surface area contributed by atoms with E-state index >= 15 is 0 Å². The first kappa shape index (κ1) is 38.9. The second-order valence-electron chi connectivity index (χ2n) is 16.4. The van der Waals surface area contributed by atoms with Gasteiger partial charge in [0, 0.05) is 48.1 Å². The molecule has 11 nitrogen and oxygen atoms in total. The predicted octanol–water partition coefficient (Wildman–Crippen LogP) is 7.32. The zero-order chi connectivity index (χ0) is 39.5. The van der Waals surface area contributed by atoms with Crippen LogP contribution in [0.15, 0.2) is 48.5 Å². The smallest absolute Gasteiger partial charge is 0.259 e. The third kappa shape index (κ3) is 8.51. The maximum Gasteiger partial charge on any atom is 0.259 e. The van der Waals surface area contributed by atoms with Crippen molar-refractivity contribution in [1.82, 2.24) is 15.1 Å². The molecule has 12 heteroatoms. The fourth-order valence-corrected chi connectivity index (χ4v) is 9.44. The van der Waals surface area contributed by atoms with Gasteiger partial charge < -0.3 is 29.5 Å². The van der Waals surface area contributed by atoms with E-state index in [4.69, 9.17) is 9.47 Å². The minimum atomic E-state index is -0.706. The molecule has 1 unspecified atom stereocenters. The average Bonchev–Trinajstić information content (AvgIpc) is 3.94. The Hall–Kier alpha value is -4.97. The number of ether oxygens (including phenoxy) is 2. The third-order valence-corrected chi connectivity index (χ3v) is 12.6. The average molecular weight is 780 g/mol. The number of unbranched alkanes of at least 4 members (excludes halogenated alkanes) is 4. The van der Waals surface area contributed by atoms with Crippen LogP contribution in [0.2, 0.25) is 0 Å². The number of likely N-dealkylation sites (tertiary alicyclic amines) is 1. The van der Waals surface area contributed by atoms with Crippen LogP contribution in [0.5, 0.6) is 11.5 Å². The molecule has 1 saturated carbocycles. The SMILES string of the molecule is COc1ccc(N2Cc3ccc(NCCCCCCCN4CCC(c5cc(F)cc6c5CN(C5CCC(=O)NC5=O)C6=O)CC4)cc3C2=O)cc1OC1CCCC1. The molecule has 3 fully saturated rings. The standard InChI is InChI=1S/C45H54FN5O6/c1-56-40-15-13-33(26-41(40)57-34-9-5-6-10-34)50-27-30-11-12-32(25-36(30)44(50)54)47-19-7-3-2-4-8-20-49-21-17-29(18-22-49)35-23-31(46)24-37-38(35)28-51(45(37)55)39-14-16-42(52)48-43(39)53/h11-13,15,23-26,29,34,39,47H,2-10,14,16-22,27-28H2,1H3,(H,48,52,53). The van der Waals surface area contributed by atoms with Gasteiger partial charge in [-0.15, -0.1) is 0 Å². The lowest BCUT2D eigenvalue weighted by atomic mass is 9.85. The zero-order valence-electron chi connectivity index (χ0n) is 33.0. The molecule has 0 radical (unpaired) electrons. The molecule has 1 aliphatic carbocycles. The van der Waals surface area contributed by atoms with Crippen LogP contribution < -0.4 is 25.0 Å². The van der Waals surface area contributed by atoms with Crippen molar-refractivity contribution in [1.29, 1.82) is 0 Å². The van der Waals surface area contributed by atoms with Crippen LogP contribution >= 0.6 is 0 Å². The predicted molar refractivity (Wildman–Crippen MR) is 215 cm³/mol. The summed E-state index contributed by atoms with van der Waals surface area (Å²) in [5.41, 5.74) is 5.62. The molecule has 8 rings (SSSR count). The van der Waals surface area contributed by atoms with Gasteiger partial charge in [-0.05, 0) is 136 Å². The molecular formula is C45H54FN5O6. The Morgan fingerprint density at radius 1 is 0.807 bits per heavy atom. The first-order valence-electron chi connectivity index (χ1n) is 21.0. The lowest BCUT2D eigenvalue weighted by molar-refractivity contribution is -0.136. The molecule has 2 N–H and O–H groups in total. The van der Waals surface area contributed by atoms with E-state index in [0.717, 1.165) is 118 Å². The van der Waals surface area contributed by atoms with E-state index in [1.807, 2.05) is 29.2 Å². The Balaban J connectivity index is 0.739. The number of benzene rings is 3. The summed E-state index contributed by atoms with van der Waals surface area (Å²) in [4.78, 5) is 56.8. The number of methoxy groups -OCH3 is 1. The molecule has 57 heavy (non-hydrogen) atoms. The van der Waals surface area contributed by atoms with Crippen molar-refractivity contribution in [2.45, 2.75) is 115 Å². The topological polar surface area (TPSA) is 121 Å². The van der Waals surface area contributed by atoms with Crippen LogP contribution in [0.1, 0.15) is 127 Å². The minimum Gasteiger partial charge on any atom is -0.493 e. The highest BCUT2D eigenvalue weighted by atomic mass is 19.1. The summed E-state index contributed by atoms with van der Waals surface area (Å²) in [5, 5.41) is 5.87. The maximum atomic E-state index is 14.8. The molecule has 0 bridgehead atoms. The number of anilines is 2. The van der Waals surface area contributed by atoms with Gasteiger partial charge in [-0.1, -0.05) is 25.3 Å². The van der Waals surface area contributed by atoms with Gasteiger partial charge in [-0.25, -0.2) is 4.39 Å². The molecule has 5 aliphatic rings. The summed E-state index contributed by atoms with van der Waals surface area (Å²) in [6, 6.07) is 14.0. The summed E-state index contributed by atoms with van der Waals surface area (Å²) in [7, 11) is 1.65. The first-order valence-corrected chi connectivity index (χ1v) is 21.0. The van der Waals surface area contributed by atoms with Gasteiger partial charge in [0.1, 0.15) is 11.9 Å². The largest absolute Gasteiger partial charge is 0.493 e. The van der Waals surface area contributed by atoms with Crippen LogP contribution in [-0.2, 0) is 22.7 Å². The summed E-state index contributed by atoms with van der Waals surface area (Å²) in [5.74, 6) is 0.0297. The second-order valence-corrected chi connectivity index (χ2v) is 16.4. The number of rotatable bonds is 15. The Labute approximate surface area is 334 Å². The van der Waals surface area contributed by atoms with Gasteiger partial charge in [0.15, 0.2) is 11.5 Å². The number of halogens is 1. The fourth-order valence-electron chi connectivity index (χ4n) is 9.44. The summed E-state index contributed by atoms with van der Waals surface area (Å²) in [6.07, 6.45) is 12.6. The van der Waals surface area contributed by atoms with Gasteiger partial charge in [0.05, 0.1) is 19.8 Å². The molecule has 1 atom stereocenters. The van der Waals surface area contributed by atoms with Crippen LogP contribution in [0, 0.1) is 5.82 Å². The molecule has 0 spiro atoms. The molecule has 4 amide bonds. The lowest BCUT2D eigenvalue weighted by Gasteiger charge is -2.33. The molecular weight excluding hydrogens is 726 g/mol. The number of hydrogen-bond donors (Lipinski definition) is 2. The molecule has 0 aromatic heterocycles. The van der Waals surface area contributed by atoms with Crippen molar-refractivity contribution < 1.29 is 33.0 Å². The van der Waals surface area contributed by atoms with Crippen molar-refractivity contribution in [3.63, 3.8) is 0 Å². The van der Waals surface area contributed by atoms with Crippen LogP contribution in [-0.4, -0.2) is 78.9 Å². The second kappa shape index (κ2) is 17.3. The Morgan fingerprint density at radius 2 is 1.60 bits per heavy atom. The van der Waals surface area contributed by atoms with E-state index in [0.29, 0.717) is 30.0 Å². The number of fused-ring (bicyclic) bond motifs is 2. The zero-order valence-corrected chi connectivity index (χ0v) is 33.0. The normalized spacial score (nSPS) is 20.3. The molecule has 4 aliphatic heterocycles. The molecule has 3 aromatic rings. The van der Waals surface area contributed by atoms with Crippen molar-refractivity contribution in [2.24, 2.45) is 0 Å². The third-order valence-electron chi connectivity index (χ3n) is 12.6. The molecule has 3 aromatic carbocycles. The van der Waals surface area contributed by atoms with E-state index in [-0.39, 0.29) is 42.7 Å². The number of carbonyl (C=O) groups excluding carboxylic acids is 4. The van der Waals surface area contributed by atoms with Gasteiger partial charge in [-0.3, -0.25) is 24.5 Å².